The van der Waals surface area contributed by atoms with E-state index in [1.54, 1.807) is 18.3 Å². The molecule has 0 saturated carbocycles. The average molecular weight is 233 g/mol. The lowest BCUT2D eigenvalue weighted by Gasteiger charge is -2.18. The van der Waals surface area contributed by atoms with Crippen molar-refractivity contribution in [3.63, 3.8) is 0 Å². The lowest BCUT2D eigenvalue weighted by Crippen LogP contribution is -2.30. The van der Waals surface area contributed by atoms with Gasteiger partial charge >= 0.3 is 0 Å². The van der Waals surface area contributed by atoms with Crippen LogP contribution in [-0.4, -0.2) is 11.7 Å². The molecule has 3 heteroatoms. The van der Waals surface area contributed by atoms with Gasteiger partial charge in [-0.15, -0.1) is 11.3 Å². The Morgan fingerprint density at radius 1 is 1.19 bits per heavy atom. The molecule has 0 fully saturated rings. The Balaban J connectivity index is 2.34. The topological polar surface area (TPSA) is 46.2 Å². The van der Waals surface area contributed by atoms with Gasteiger partial charge < -0.3 is 10.8 Å². The molecule has 1 aromatic heterocycles. The van der Waals surface area contributed by atoms with Gasteiger partial charge in [0.25, 0.3) is 0 Å². The van der Waals surface area contributed by atoms with Gasteiger partial charge in [-0.25, -0.2) is 0 Å². The molecule has 2 nitrogen and oxygen atoms in total. The smallest absolute Gasteiger partial charge is 0.108 e. The van der Waals surface area contributed by atoms with Crippen LogP contribution in [0.1, 0.15) is 11.8 Å². The molecule has 0 aliphatic carbocycles. The fourth-order valence-electron chi connectivity index (χ4n) is 1.49. The normalized spacial score (nSPS) is 14.7. The van der Waals surface area contributed by atoms with Crippen molar-refractivity contribution in [2.24, 2.45) is 5.73 Å². The second-order valence-electron chi connectivity index (χ2n) is 4.01. The van der Waals surface area contributed by atoms with Crippen molar-refractivity contribution in [2.75, 3.05) is 6.54 Å². The van der Waals surface area contributed by atoms with Crippen LogP contribution in [0.25, 0.3) is 10.4 Å². The number of thiophene rings is 1. The minimum absolute atomic E-state index is 0.238. The van der Waals surface area contributed by atoms with E-state index >= 15 is 0 Å². The SMILES string of the molecule is CC(O)(CN)c1ccc(-c2ccccc2)s1. The van der Waals surface area contributed by atoms with Gasteiger partial charge in [0.2, 0.25) is 0 Å². The molecule has 1 heterocycles. The van der Waals surface area contributed by atoms with E-state index in [9.17, 15) is 5.11 Å². The summed E-state index contributed by atoms with van der Waals surface area (Å²) in [5.74, 6) is 0. The van der Waals surface area contributed by atoms with Gasteiger partial charge in [0.15, 0.2) is 0 Å². The third-order valence-corrected chi connectivity index (χ3v) is 3.98. The van der Waals surface area contributed by atoms with Crippen molar-refractivity contribution < 1.29 is 5.11 Å². The van der Waals surface area contributed by atoms with Crippen LogP contribution >= 0.6 is 11.3 Å². The van der Waals surface area contributed by atoms with Crippen molar-refractivity contribution in [3.8, 4) is 10.4 Å². The van der Waals surface area contributed by atoms with E-state index in [4.69, 9.17) is 5.73 Å². The van der Waals surface area contributed by atoms with Gasteiger partial charge in [0, 0.05) is 16.3 Å². The molecule has 0 bridgehead atoms. The number of hydrogen-bond donors (Lipinski definition) is 2. The first-order chi connectivity index (χ1) is 7.63. The minimum atomic E-state index is -0.919. The van der Waals surface area contributed by atoms with Crippen LogP contribution in [0.15, 0.2) is 42.5 Å². The van der Waals surface area contributed by atoms with Crippen molar-refractivity contribution in [2.45, 2.75) is 12.5 Å². The van der Waals surface area contributed by atoms with E-state index < -0.39 is 5.60 Å². The summed E-state index contributed by atoms with van der Waals surface area (Å²) in [4.78, 5) is 2.07. The summed E-state index contributed by atoms with van der Waals surface area (Å²) in [7, 11) is 0. The summed E-state index contributed by atoms with van der Waals surface area (Å²) in [6.07, 6.45) is 0. The maximum atomic E-state index is 10.0. The Bertz CT molecular complexity index is 462. The molecule has 1 aromatic carbocycles. The van der Waals surface area contributed by atoms with E-state index in [1.165, 1.54) is 5.56 Å². The fourth-order valence-corrected chi connectivity index (χ4v) is 2.55. The van der Waals surface area contributed by atoms with Gasteiger partial charge in [-0.3, -0.25) is 0 Å². The Hall–Kier alpha value is -1.16. The lowest BCUT2D eigenvalue weighted by atomic mass is 10.1. The fraction of sp³-hybridized carbons (Fsp3) is 0.231. The first kappa shape index (κ1) is 11.3. The molecular formula is C13H15NOS. The first-order valence-electron chi connectivity index (χ1n) is 5.22. The second kappa shape index (κ2) is 4.37. The predicted octanol–water partition coefficient (Wildman–Crippen LogP) is 2.58. The van der Waals surface area contributed by atoms with E-state index in [2.05, 4.69) is 12.1 Å². The third-order valence-electron chi connectivity index (χ3n) is 2.59. The molecule has 2 aromatic rings. The molecule has 84 valence electrons. The molecule has 0 aliphatic heterocycles. The molecule has 0 aliphatic rings. The van der Waals surface area contributed by atoms with Crippen molar-refractivity contribution in [1.82, 2.24) is 0 Å². The van der Waals surface area contributed by atoms with E-state index in [0.29, 0.717) is 0 Å². The summed E-state index contributed by atoms with van der Waals surface area (Å²) in [6, 6.07) is 14.1. The van der Waals surface area contributed by atoms with Crippen molar-refractivity contribution in [1.29, 1.82) is 0 Å². The Morgan fingerprint density at radius 2 is 1.88 bits per heavy atom. The zero-order valence-electron chi connectivity index (χ0n) is 9.18. The van der Waals surface area contributed by atoms with Crippen LogP contribution < -0.4 is 5.73 Å². The van der Waals surface area contributed by atoms with Gasteiger partial charge in [-0.05, 0) is 24.6 Å². The first-order valence-corrected chi connectivity index (χ1v) is 6.03. The molecule has 0 radical (unpaired) electrons. The number of hydrogen-bond acceptors (Lipinski definition) is 3. The highest BCUT2D eigenvalue weighted by atomic mass is 32.1. The van der Waals surface area contributed by atoms with E-state index in [0.717, 1.165) is 9.75 Å². The maximum Gasteiger partial charge on any atom is 0.108 e. The van der Waals surface area contributed by atoms with Crippen LogP contribution in [-0.2, 0) is 5.60 Å². The number of benzene rings is 1. The predicted molar refractivity (Wildman–Crippen MR) is 68.4 cm³/mol. The third kappa shape index (κ3) is 2.16. The van der Waals surface area contributed by atoms with E-state index in [1.807, 2.05) is 30.3 Å². The zero-order chi connectivity index (χ0) is 11.6. The Morgan fingerprint density at radius 3 is 2.50 bits per heavy atom. The lowest BCUT2D eigenvalue weighted by molar-refractivity contribution is 0.0707. The largest absolute Gasteiger partial charge is 0.383 e. The van der Waals surface area contributed by atoms with Crippen LogP contribution in [0.4, 0.5) is 0 Å². The summed E-state index contributed by atoms with van der Waals surface area (Å²) in [5.41, 5.74) is 5.80. The number of aliphatic hydroxyl groups is 1. The molecule has 0 spiro atoms. The molecular weight excluding hydrogens is 218 g/mol. The highest BCUT2D eigenvalue weighted by molar-refractivity contribution is 7.15. The molecule has 1 unspecified atom stereocenters. The van der Waals surface area contributed by atoms with Crippen molar-refractivity contribution in [3.05, 3.63) is 47.3 Å². The molecule has 2 rings (SSSR count). The van der Waals surface area contributed by atoms with Crippen LogP contribution in [0.2, 0.25) is 0 Å². The van der Waals surface area contributed by atoms with Crippen molar-refractivity contribution >= 4 is 11.3 Å². The van der Waals surface area contributed by atoms with Gasteiger partial charge in [0.1, 0.15) is 5.60 Å². The highest BCUT2D eigenvalue weighted by Gasteiger charge is 2.23. The van der Waals surface area contributed by atoms with Gasteiger partial charge in [-0.2, -0.15) is 0 Å². The molecule has 1 atom stereocenters. The summed E-state index contributed by atoms with van der Waals surface area (Å²) < 4.78 is 0. The van der Waals surface area contributed by atoms with E-state index in [-0.39, 0.29) is 6.54 Å². The summed E-state index contributed by atoms with van der Waals surface area (Å²) in [6.45, 7) is 1.98. The zero-order valence-corrected chi connectivity index (χ0v) is 10.00. The summed E-state index contributed by atoms with van der Waals surface area (Å²) >= 11 is 1.59. The van der Waals surface area contributed by atoms with Gasteiger partial charge in [0.05, 0.1) is 0 Å². The Labute approximate surface area is 99.4 Å². The quantitative estimate of drug-likeness (QED) is 0.856. The minimum Gasteiger partial charge on any atom is -0.383 e. The molecule has 0 saturated heterocycles. The Kier molecular flexibility index (Phi) is 3.10. The second-order valence-corrected chi connectivity index (χ2v) is 5.09. The van der Waals surface area contributed by atoms with Crippen LogP contribution in [0, 0.1) is 0 Å². The molecule has 16 heavy (non-hydrogen) atoms. The highest BCUT2D eigenvalue weighted by Crippen LogP contribution is 2.33. The van der Waals surface area contributed by atoms with Gasteiger partial charge in [-0.1, -0.05) is 30.3 Å². The monoisotopic (exact) mass is 233 g/mol. The number of rotatable bonds is 3. The van der Waals surface area contributed by atoms with Crippen LogP contribution in [0.5, 0.6) is 0 Å². The molecule has 0 amide bonds. The summed E-state index contributed by atoms with van der Waals surface area (Å²) in [5, 5.41) is 10.0. The number of nitrogens with two attached hydrogens (primary N) is 1. The average Bonchev–Trinajstić information content (AvgIpc) is 2.80. The molecule has 3 N–H and O–H groups in total. The van der Waals surface area contributed by atoms with Crippen LogP contribution in [0.3, 0.4) is 0 Å². The standard InChI is InChI=1S/C13H15NOS/c1-13(15,9-14)12-8-7-11(16-12)10-5-3-2-4-6-10/h2-8,15H,9,14H2,1H3. The maximum absolute atomic E-state index is 10.0.